The summed E-state index contributed by atoms with van der Waals surface area (Å²) in [4.78, 5) is 18.6. The number of Topliss-reactive ketones (excluding diaryl/α,β-unsaturated/α-hetero) is 1. The van der Waals surface area contributed by atoms with Gasteiger partial charge in [-0.2, -0.15) is 0 Å². The van der Waals surface area contributed by atoms with Crippen LogP contribution in [-0.4, -0.2) is 33.3 Å². The van der Waals surface area contributed by atoms with E-state index < -0.39 is 0 Å². The van der Waals surface area contributed by atoms with Crippen molar-refractivity contribution in [2.24, 2.45) is 0 Å². The molecule has 2 aromatic rings. The van der Waals surface area contributed by atoms with Gasteiger partial charge in [-0.1, -0.05) is 32.9 Å². The molecule has 1 aromatic heterocycles. The largest absolute Gasteiger partial charge is 0.306 e. The van der Waals surface area contributed by atoms with Crippen molar-refractivity contribution >= 4 is 5.78 Å². The second-order valence-corrected chi connectivity index (χ2v) is 5.01. The zero-order valence-electron chi connectivity index (χ0n) is 13.0. The summed E-state index contributed by atoms with van der Waals surface area (Å²) in [5.74, 6) is 0.272. The van der Waals surface area contributed by atoms with E-state index in [0.29, 0.717) is 6.42 Å². The molecular weight excluding hydrogens is 262 g/mol. The van der Waals surface area contributed by atoms with Gasteiger partial charge >= 0.3 is 0 Å². The molecule has 0 saturated carbocycles. The molecule has 0 aliphatic heterocycles. The molecule has 0 fully saturated rings. The molecule has 1 atom stereocenters. The zero-order valence-corrected chi connectivity index (χ0v) is 13.0. The predicted octanol–water partition coefficient (Wildman–Crippen LogP) is 3.23. The summed E-state index contributed by atoms with van der Waals surface area (Å²) in [6.45, 7) is 7.86. The summed E-state index contributed by atoms with van der Waals surface area (Å²) in [7, 11) is 0. The van der Waals surface area contributed by atoms with Crippen LogP contribution in [0.5, 0.6) is 0 Å². The van der Waals surface area contributed by atoms with E-state index in [0.717, 1.165) is 24.3 Å². The lowest BCUT2D eigenvalue weighted by atomic mass is 9.99. The van der Waals surface area contributed by atoms with Crippen molar-refractivity contribution in [3.63, 3.8) is 0 Å². The molecule has 0 spiro atoms. The first-order chi connectivity index (χ1) is 10.2. The minimum absolute atomic E-state index is 0.137. The summed E-state index contributed by atoms with van der Waals surface area (Å²) in [5, 5.41) is 0. The maximum Gasteiger partial charge on any atom is 0.154 e. The number of rotatable bonds is 7. The third-order valence-electron chi connectivity index (χ3n) is 3.84. The van der Waals surface area contributed by atoms with E-state index >= 15 is 0 Å². The van der Waals surface area contributed by atoms with Gasteiger partial charge in [0.15, 0.2) is 5.78 Å². The second-order valence-electron chi connectivity index (χ2n) is 5.01. The first-order valence-electron chi connectivity index (χ1n) is 7.56. The lowest BCUT2D eigenvalue weighted by Crippen LogP contribution is -2.33. The Morgan fingerprint density at radius 1 is 1.19 bits per heavy atom. The lowest BCUT2D eigenvalue weighted by molar-refractivity contribution is -0.124. The van der Waals surface area contributed by atoms with Crippen molar-refractivity contribution in [1.29, 1.82) is 0 Å². The van der Waals surface area contributed by atoms with Gasteiger partial charge in [-0.05, 0) is 30.8 Å². The highest BCUT2D eigenvalue weighted by Gasteiger charge is 2.24. The molecule has 0 N–H and O–H groups in total. The van der Waals surface area contributed by atoms with Crippen LogP contribution in [0.25, 0.3) is 5.69 Å². The fourth-order valence-electron chi connectivity index (χ4n) is 2.62. The Kier molecular flexibility index (Phi) is 5.28. The Morgan fingerprint density at radius 2 is 1.86 bits per heavy atom. The average molecular weight is 285 g/mol. The Labute approximate surface area is 126 Å². The molecule has 0 aliphatic rings. The van der Waals surface area contributed by atoms with Crippen LogP contribution in [0.15, 0.2) is 43.0 Å². The highest BCUT2D eigenvalue weighted by Crippen LogP contribution is 2.24. The molecule has 0 radical (unpaired) electrons. The van der Waals surface area contributed by atoms with Crippen LogP contribution < -0.4 is 0 Å². The third-order valence-corrected chi connectivity index (χ3v) is 3.84. The van der Waals surface area contributed by atoms with E-state index in [1.54, 1.807) is 12.5 Å². The van der Waals surface area contributed by atoms with Gasteiger partial charge in [-0.3, -0.25) is 9.69 Å². The van der Waals surface area contributed by atoms with Crippen LogP contribution >= 0.6 is 0 Å². The van der Waals surface area contributed by atoms with E-state index in [2.05, 4.69) is 23.7 Å². The standard InChI is InChI=1S/C17H23N3O/c1-4-16(21)17(19(5-2)6-3)14-7-9-15(10-8-14)20-12-11-18-13-20/h7-13,17H,4-6H2,1-3H3. The van der Waals surface area contributed by atoms with Crippen LogP contribution in [-0.2, 0) is 4.79 Å². The van der Waals surface area contributed by atoms with Gasteiger partial charge in [-0.15, -0.1) is 0 Å². The van der Waals surface area contributed by atoms with Gasteiger partial charge in [0.05, 0.1) is 12.4 Å². The highest BCUT2D eigenvalue weighted by molar-refractivity contribution is 5.85. The fourth-order valence-corrected chi connectivity index (χ4v) is 2.62. The minimum Gasteiger partial charge on any atom is -0.306 e. The number of hydrogen-bond acceptors (Lipinski definition) is 3. The van der Waals surface area contributed by atoms with Crippen LogP contribution in [0.3, 0.4) is 0 Å². The normalized spacial score (nSPS) is 12.6. The van der Waals surface area contributed by atoms with Crippen molar-refractivity contribution < 1.29 is 4.79 Å². The Hall–Kier alpha value is -1.94. The summed E-state index contributed by atoms with van der Waals surface area (Å²) in [6, 6.07) is 8.03. The topological polar surface area (TPSA) is 38.1 Å². The molecule has 1 aromatic carbocycles. The van der Waals surface area contributed by atoms with Crippen molar-refractivity contribution in [2.75, 3.05) is 13.1 Å². The zero-order chi connectivity index (χ0) is 15.2. The first kappa shape index (κ1) is 15.4. The Balaban J connectivity index is 2.30. The van der Waals surface area contributed by atoms with E-state index in [1.165, 1.54) is 0 Å². The van der Waals surface area contributed by atoms with Gasteiger partial charge in [0, 0.05) is 24.5 Å². The maximum atomic E-state index is 12.3. The van der Waals surface area contributed by atoms with E-state index in [-0.39, 0.29) is 11.8 Å². The number of likely N-dealkylation sites (N-methyl/N-ethyl adjacent to an activating group) is 1. The van der Waals surface area contributed by atoms with Crippen molar-refractivity contribution in [2.45, 2.75) is 33.2 Å². The summed E-state index contributed by atoms with van der Waals surface area (Å²) < 4.78 is 1.96. The molecule has 112 valence electrons. The van der Waals surface area contributed by atoms with Crippen molar-refractivity contribution in [1.82, 2.24) is 14.5 Å². The molecule has 0 aliphatic carbocycles. The number of benzene rings is 1. The van der Waals surface area contributed by atoms with Gasteiger partial charge in [-0.25, -0.2) is 4.98 Å². The molecule has 0 amide bonds. The number of aromatic nitrogens is 2. The molecule has 2 rings (SSSR count). The quantitative estimate of drug-likeness (QED) is 0.784. The van der Waals surface area contributed by atoms with E-state index in [1.807, 2.05) is 42.0 Å². The molecule has 1 unspecified atom stereocenters. The molecule has 0 bridgehead atoms. The van der Waals surface area contributed by atoms with Gasteiger partial charge in [0.2, 0.25) is 0 Å². The summed E-state index contributed by atoms with van der Waals surface area (Å²) in [5.41, 5.74) is 2.12. The van der Waals surface area contributed by atoms with Crippen LogP contribution in [0.2, 0.25) is 0 Å². The van der Waals surface area contributed by atoms with Crippen LogP contribution in [0, 0.1) is 0 Å². The molecule has 0 saturated heterocycles. The highest BCUT2D eigenvalue weighted by atomic mass is 16.1. The number of hydrogen-bond donors (Lipinski definition) is 0. The predicted molar refractivity (Wildman–Crippen MR) is 84.5 cm³/mol. The minimum atomic E-state index is -0.137. The SMILES string of the molecule is CCC(=O)C(c1ccc(-n2ccnc2)cc1)N(CC)CC. The number of imidazole rings is 1. The molecule has 4 nitrogen and oxygen atoms in total. The monoisotopic (exact) mass is 285 g/mol. The van der Waals surface area contributed by atoms with Crippen molar-refractivity contribution in [3.8, 4) is 5.69 Å². The molecule has 21 heavy (non-hydrogen) atoms. The maximum absolute atomic E-state index is 12.3. The summed E-state index contributed by atoms with van der Waals surface area (Å²) in [6.07, 6.45) is 6.00. The number of nitrogens with zero attached hydrogens (tertiary/aromatic N) is 3. The van der Waals surface area contributed by atoms with Gasteiger partial charge in [0.1, 0.15) is 0 Å². The first-order valence-corrected chi connectivity index (χ1v) is 7.56. The van der Waals surface area contributed by atoms with Crippen molar-refractivity contribution in [3.05, 3.63) is 48.5 Å². The summed E-state index contributed by atoms with van der Waals surface area (Å²) >= 11 is 0. The van der Waals surface area contributed by atoms with Gasteiger partial charge < -0.3 is 4.57 Å². The fraction of sp³-hybridized carbons (Fsp3) is 0.412. The molecule has 4 heteroatoms. The Morgan fingerprint density at radius 3 is 2.33 bits per heavy atom. The smallest absolute Gasteiger partial charge is 0.154 e. The molecular formula is C17H23N3O. The van der Waals surface area contributed by atoms with Crippen LogP contribution in [0.1, 0.15) is 38.8 Å². The third kappa shape index (κ3) is 3.39. The second kappa shape index (κ2) is 7.18. The average Bonchev–Trinajstić information content (AvgIpc) is 3.06. The van der Waals surface area contributed by atoms with E-state index in [9.17, 15) is 4.79 Å². The van der Waals surface area contributed by atoms with E-state index in [4.69, 9.17) is 0 Å². The van der Waals surface area contributed by atoms with Gasteiger partial charge in [0.25, 0.3) is 0 Å². The molecule has 1 heterocycles. The number of carbonyl (C=O) groups excluding carboxylic acids is 1. The lowest BCUT2D eigenvalue weighted by Gasteiger charge is -2.28. The number of carbonyl (C=O) groups is 1. The van der Waals surface area contributed by atoms with Crippen LogP contribution in [0.4, 0.5) is 0 Å². The number of ketones is 1. The Bertz CT molecular complexity index is 556.